The Bertz CT molecular complexity index is 897. The minimum absolute atomic E-state index is 0.182. The SMILES string of the molecule is O=C(Nc1ccc(C(F)(F)F)cc1)c1cnc(NCc2cccnc2)nc1. The average Bonchev–Trinajstić information content (AvgIpc) is 2.67. The predicted octanol–water partition coefficient (Wildman–Crippen LogP) is 3.75. The number of anilines is 2. The number of alkyl halides is 3. The number of hydrogen-bond donors (Lipinski definition) is 2. The summed E-state index contributed by atoms with van der Waals surface area (Å²) >= 11 is 0. The first-order valence-electron chi connectivity index (χ1n) is 7.85. The van der Waals surface area contributed by atoms with Crippen molar-refractivity contribution in [2.24, 2.45) is 0 Å². The molecule has 1 amide bonds. The number of carbonyl (C=O) groups is 1. The van der Waals surface area contributed by atoms with Crippen LogP contribution in [0.1, 0.15) is 21.5 Å². The third kappa shape index (κ3) is 5.00. The molecule has 0 saturated heterocycles. The second-order valence-electron chi connectivity index (χ2n) is 5.54. The van der Waals surface area contributed by atoms with E-state index in [2.05, 4.69) is 25.6 Å². The number of carbonyl (C=O) groups excluding carboxylic acids is 1. The van der Waals surface area contributed by atoms with Crippen LogP contribution in [0.25, 0.3) is 0 Å². The first-order valence-corrected chi connectivity index (χ1v) is 7.85. The van der Waals surface area contributed by atoms with Gasteiger partial charge in [-0.15, -0.1) is 0 Å². The maximum absolute atomic E-state index is 12.5. The standard InChI is InChI=1S/C18H14F3N5O/c19-18(20,21)14-3-5-15(6-4-14)26-16(27)13-10-24-17(25-11-13)23-9-12-2-1-7-22-8-12/h1-8,10-11H,9H2,(H,26,27)(H,23,24,25). The van der Waals surface area contributed by atoms with E-state index in [0.29, 0.717) is 12.5 Å². The van der Waals surface area contributed by atoms with Gasteiger partial charge >= 0.3 is 6.18 Å². The molecule has 0 aliphatic rings. The first-order chi connectivity index (χ1) is 12.9. The van der Waals surface area contributed by atoms with E-state index in [1.165, 1.54) is 24.5 Å². The number of rotatable bonds is 5. The number of halogens is 3. The van der Waals surface area contributed by atoms with Crippen LogP contribution in [0, 0.1) is 0 Å². The van der Waals surface area contributed by atoms with E-state index in [1.807, 2.05) is 12.1 Å². The Morgan fingerprint density at radius 3 is 2.30 bits per heavy atom. The molecular formula is C18H14F3N5O. The molecule has 3 aromatic rings. The van der Waals surface area contributed by atoms with Crippen molar-refractivity contribution in [3.8, 4) is 0 Å². The van der Waals surface area contributed by atoms with Crippen LogP contribution in [0.2, 0.25) is 0 Å². The molecule has 0 fully saturated rings. The Kier molecular flexibility index (Phi) is 5.30. The van der Waals surface area contributed by atoms with Crippen LogP contribution in [0.15, 0.2) is 61.2 Å². The van der Waals surface area contributed by atoms with E-state index in [1.54, 1.807) is 12.4 Å². The van der Waals surface area contributed by atoms with Crippen molar-refractivity contribution in [1.82, 2.24) is 15.0 Å². The summed E-state index contributed by atoms with van der Waals surface area (Å²) in [5.41, 5.74) is 0.590. The number of hydrogen-bond acceptors (Lipinski definition) is 5. The number of amides is 1. The van der Waals surface area contributed by atoms with Gasteiger partial charge in [0.2, 0.25) is 5.95 Å². The summed E-state index contributed by atoms with van der Waals surface area (Å²) in [7, 11) is 0. The highest BCUT2D eigenvalue weighted by atomic mass is 19.4. The van der Waals surface area contributed by atoms with E-state index in [-0.39, 0.29) is 11.3 Å². The third-order valence-electron chi connectivity index (χ3n) is 3.56. The van der Waals surface area contributed by atoms with E-state index in [0.717, 1.165) is 17.7 Å². The Balaban J connectivity index is 1.58. The minimum atomic E-state index is -4.42. The van der Waals surface area contributed by atoms with Gasteiger partial charge < -0.3 is 10.6 Å². The van der Waals surface area contributed by atoms with Gasteiger partial charge in [0.25, 0.3) is 5.91 Å². The summed E-state index contributed by atoms with van der Waals surface area (Å²) in [6.07, 6.45) is 1.62. The second kappa shape index (κ2) is 7.81. The molecule has 2 heterocycles. The van der Waals surface area contributed by atoms with Crippen LogP contribution in [0.5, 0.6) is 0 Å². The zero-order chi connectivity index (χ0) is 19.3. The van der Waals surface area contributed by atoms with Crippen LogP contribution < -0.4 is 10.6 Å². The number of nitrogens with one attached hydrogen (secondary N) is 2. The summed E-state index contributed by atoms with van der Waals surface area (Å²) < 4.78 is 37.6. The number of aromatic nitrogens is 3. The molecule has 0 atom stereocenters. The molecule has 3 rings (SSSR count). The summed E-state index contributed by atoms with van der Waals surface area (Å²) in [4.78, 5) is 24.2. The maximum atomic E-state index is 12.5. The van der Waals surface area contributed by atoms with Crippen LogP contribution in [0.4, 0.5) is 24.8 Å². The largest absolute Gasteiger partial charge is 0.416 e. The van der Waals surface area contributed by atoms with Gasteiger partial charge in [0.05, 0.1) is 11.1 Å². The molecule has 9 heteroatoms. The Hall–Kier alpha value is -3.49. The molecule has 2 N–H and O–H groups in total. The van der Waals surface area contributed by atoms with Gasteiger partial charge in [0.15, 0.2) is 0 Å². The van der Waals surface area contributed by atoms with Gasteiger partial charge in [0, 0.05) is 37.0 Å². The summed E-state index contributed by atoms with van der Waals surface area (Å²) in [5, 5.41) is 5.50. The lowest BCUT2D eigenvalue weighted by Gasteiger charge is -2.09. The summed E-state index contributed by atoms with van der Waals surface area (Å²) in [6, 6.07) is 7.88. The van der Waals surface area contributed by atoms with Crippen LogP contribution in [0.3, 0.4) is 0 Å². The maximum Gasteiger partial charge on any atom is 0.416 e. The van der Waals surface area contributed by atoms with E-state index in [4.69, 9.17) is 0 Å². The van der Waals surface area contributed by atoms with Crippen molar-refractivity contribution in [3.63, 3.8) is 0 Å². The number of benzene rings is 1. The highest BCUT2D eigenvalue weighted by molar-refractivity contribution is 6.03. The minimum Gasteiger partial charge on any atom is -0.350 e. The van der Waals surface area contributed by atoms with Gasteiger partial charge in [-0.2, -0.15) is 13.2 Å². The fourth-order valence-electron chi connectivity index (χ4n) is 2.17. The molecule has 0 aliphatic carbocycles. The molecule has 1 aromatic carbocycles. The van der Waals surface area contributed by atoms with Crippen LogP contribution in [-0.4, -0.2) is 20.9 Å². The Labute approximate surface area is 152 Å². The molecular weight excluding hydrogens is 359 g/mol. The molecule has 138 valence electrons. The van der Waals surface area contributed by atoms with Crippen molar-refractivity contribution >= 4 is 17.5 Å². The topological polar surface area (TPSA) is 79.8 Å². The lowest BCUT2D eigenvalue weighted by molar-refractivity contribution is -0.137. The van der Waals surface area contributed by atoms with E-state index in [9.17, 15) is 18.0 Å². The Morgan fingerprint density at radius 1 is 1.00 bits per heavy atom. The van der Waals surface area contributed by atoms with Gasteiger partial charge in [-0.1, -0.05) is 6.07 Å². The molecule has 27 heavy (non-hydrogen) atoms. The van der Waals surface area contributed by atoms with Gasteiger partial charge in [-0.25, -0.2) is 9.97 Å². The zero-order valence-electron chi connectivity index (χ0n) is 13.9. The monoisotopic (exact) mass is 373 g/mol. The van der Waals surface area contributed by atoms with Gasteiger partial charge in [-0.05, 0) is 35.9 Å². The molecule has 0 spiro atoms. The molecule has 6 nitrogen and oxygen atoms in total. The second-order valence-corrected chi connectivity index (χ2v) is 5.54. The molecule has 0 saturated carbocycles. The quantitative estimate of drug-likeness (QED) is 0.712. The summed E-state index contributed by atoms with van der Waals surface area (Å²) in [6.45, 7) is 0.477. The van der Waals surface area contributed by atoms with Crippen molar-refractivity contribution < 1.29 is 18.0 Å². The van der Waals surface area contributed by atoms with Crippen molar-refractivity contribution in [2.75, 3.05) is 10.6 Å². The van der Waals surface area contributed by atoms with E-state index < -0.39 is 17.6 Å². The van der Waals surface area contributed by atoms with E-state index >= 15 is 0 Å². The van der Waals surface area contributed by atoms with Crippen molar-refractivity contribution in [2.45, 2.75) is 12.7 Å². The van der Waals surface area contributed by atoms with Crippen LogP contribution in [-0.2, 0) is 12.7 Å². The number of pyridine rings is 1. The predicted molar refractivity (Wildman–Crippen MR) is 93.0 cm³/mol. The first kappa shape index (κ1) is 18.3. The fraction of sp³-hybridized carbons (Fsp3) is 0.111. The zero-order valence-corrected chi connectivity index (χ0v) is 13.9. The van der Waals surface area contributed by atoms with Crippen molar-refractivity contribution in [3.05, 3.63) is 77.9 Å². The lowest BCUT2D eigenvalue weighted by atomic mass is 10.2. The van der Waals surface area contributed by atoms with Gasteiger partial charge in [0.1, 0.15) is 0 Å². The normalized spacial score (nSPS) is 11.1. The Morgan fingerprint density at radius 2 is 1.70 bits per heavy atom. The summed E-state index contributed by atoms with van der Waals surface area (Å²) in [5.74, 6) is -0.182. The third-order valence-corrected chi connectivity index (χ3v) is 3.56. The molecule has 0 unspecified atom stereocenters. The van der Waals surface area contributed by atoms with Crippen LogP contribution >= 0.6 is 0 Å². The number of nitrogens with zero attached hydrogens (tertiary/aromatic N) is 3. The molecule has 2 aromatic heterocycles. The highest BCUT2D eigenvalue weighted by Crippen LogP contribution is 2.29. The van der Waals surface area contributed by atoms with Crippen molar-refractivity contribution in [1.29, 1.82) is 0 Å². The molecule has 0 aliphatic heterocycles. The fourth-order valence-corrected chi connectivity index (χ4v) is 2.17. The highest BCUT2D eigenvalue weighted by Gasteiger charge is 2.30. The smallest absolute Gasteiger partial charge is 0.350 e. The van der Waals surface area contributed by atoms with Gasteiger partial charge in [-0.3, -0.25) is 9.78 Å². The average molecular weight is 373 g/mol. The lowest BCUT2D eigenvalue weighted by Crippen LogP contribution is -2.14. The molecule has 0 bridgehead atoms. The molecule has 0 radical (unpaired) electrons.